The molecule has 0 bridgehead atoms. The number of carbonyl (C=O) groups excluding carboxylic acids is 1. The third-order valence-corrected chi connectivity index (χ3v) is 4.05. The summed E-state index contributed by atoms with van der Waals surface area (Å²) in [5.41, 5.74) is 1.99. The first-order valence-electron chi connectivity index (χ1n) is 6.77. The van der Waals surface area contributed by atoms with Gasteiger partial charge in [0.15, 0.2) is 0 Å². The molecule has 2 fully saturated rings. The van der Waals surface area contributed by atoms with Gasteiger partial charge in [0.1, 0.15) is 5.60 Å². The Morgan fingerprint density at radius 3 is 3.00 bits per heavy atom. The Hall–Kier alpha value is -1.62. The highest BCUT2D eigenvalue weighted by atomic mass is 16.6. The monoisotopic (exact) mass is 261 g/mol. The molecule has 0 atom stereocenters. The Labute approximate surface area is 113 Å². The van der Waals surface area contributed by atoms with Gasteiger partial charge < -0.3 is 10.1 Å². The van der Waals surface area contributed by atoms with Crippen LogP contribution in [0.15, 0.2) is 18.5 Å². The number of hydrogen-bond acceptors (Lipinski definition) is 4. The lowest BCUT2D eigenvalue weighted by atomic mass is 9.92. The van der Waals surface area contributed by atoms with Gasteiger partial charge >= 0.3 is 6.09 Å². The predicted molar refractivity (Wildman–Crippen MR) is 70.7 cm³/mol. The van der Waals surface area contributed by atoms with Gasteiger partial charge in [0.25, 0.3) is 0 Å². The van der Waals surface area contributed by atoms with E-state index in [2.05, 4.69) is 10.3 Å². The molecule has 3 rings (SSSR count). The fourth-order valence-corrected chi connectivity index (χ4v) is 2.84. The normalized spacial score (nSPS) is 21.7. The van der Waals surface area contributed by atoms with Crippen LogP contribution < -0.4 is 5.32 Å². The molecule has 3 heterocycles. The topological polar surface area (TPSA) is 54.5 Å². The van der Waals surface area contributed by atoms with Crippen molar-refractivity contribution in [2.75, 3.05) is 19.6 Å². The summed E-state index contributed by atoms with van der Waals surface area (Å²) < 4.78 is 5.65. The number of carbonyl (C=O) groups is 1. The molecule has 5 nitrogen and oxygen atoms in total. The lowest BCUT2D eigenvalue weighted by molar-refractivity contribution is 0.0316. The number of aromatic nitrogens is 1. The molecule has 5 heteroatoms. The van der Waals surface area contributed by atoms with Crippen LogP contribution in [-0.2, 0) is 11.3 Å². The van der Waals surface area contributed by atoms with E-state index in [4.69, 9.17) is 4.74 Å². The second-order valence-electron chi connectivity index (χ2n) is 5.46. The van der Waals surface area contributed by atoms with Crippen molar-refractivity contribution in [2.45, 2.75) is 31.9 Å². The van der Waals surface area contributed by atoms with Gasteiger partial charge in [-0.1, -0.05) is 0 Å². The van der Waals surface area contributed by atoms with E-state index in [0.717, 1.165) is 37.1 Å². The molecule has 1 N–H and O–H groups in total. The standard InChI is InChI=1S/C14H19N3O2/c1-11-8-16-5-2-12(11)9-17-10-14(19-13(17)18)3-6-15-7-4-14/h2,5,8,15H,3-4,6-7,9-10H2,1H3. The van der Waals surface area contributed by atoms with Crippen LogP contribution in [0.1, 0.15) is 24.0 Å². The van der Waals surface area contributed by atoms with Gasteiger partial charge in [-0.3, -0.25) is 9.88 Å². The van der Waals surface area contributed by atoms with Crippen LogP contribution in [-0.4, -0.2) is 41.2 Å². The first-order chi connectivity index (χ1) is 9.19. The van der Waals surface area contributed by atoms with Gasteiger partial charge in [-0.05, 0) is 37.2 Å². The second-order valence-corrected chi connectivity index (χ2v) is 5.46. The Kier molecular flexibility index (Phi) is 3.14. The quantitative estimate of drug-likeness (QED) is 0.876. The van der Waals surface area contributed by atoms with Crippen molar-refractivity contribution in [3.63, 3.8) is 0 Å². The van der Waals surface area contributed by atoms with Crippen molar-refractivity contribution in [3.8, 4) is 0 Å². The van der Waals surface area contributed by atoms with E-state index in [1.165, 1.54) is 0 Å². The molecule has 1 amide bonds. The number of pyridine rings is 1. The van der Waals surface area contributed by atoms with E-state index in [1.807, 2.05) is 24.1 Å². The summed E-state index contributed by atoms with van der Waals surface area (Å²) in [5.74, 6) is 0. The minimum Gasteiger partial charge on any atom is -0.441 e. The van der Waals surface area contributed by atoms with Crippen molar-refractivity contribution in [1.29, 1.82) is 0 Å². The van der Waals surface area contributed by atoms with E-state index in [0.29, 0.717) is 13.1 Å². The van der Waals surface area contributed by atoms with Gasteiger partial charge in [0.2, 0.25) is 0 Å². The summed E-state index contributed by atoms with van der Waals surface area (Å²) in [5, 5.41) is 3.31. The fourth-order valence-electron chi connectivity index (χ4n) is 2.84. The van der Waals surface area contributed by atoms with Gasteiger partial charge in [0, 0.05) is 31.8 Å². The third kappa shape index (κ3) is 2.42. The first-order valence-corrected chi connectivity index (χ1v) is 6.77. The summed E-state index contributed by atoms with van der Waals surface area (Å²) in [4.78, 5) is 17.9. The average molecular weight is 261 g/mol. The molecule has 0 aromatic carbocycles. The molecule has 1 spiro atoms. The van der Waals surface area contributed by atoms with Crippen molar-refractivity contribution < 1.29 is 9.53 Å². The summed E-state index contributed by atoms with van der Waals surface area (Å²) in [6.07, 6.45) is 5.23. The van der Waals surface area contributed by atoms with Gasteiger partial charge in [-0.2, -0.15) is 0 Å². The summed E-state index contributed by atoms with van der Waals surface area (Å²) in [6.45, 7) is 5.19. The van der Waals surface area contributed by atoms with E-state index < -0.39 is 0 Å². The van der Waals surface area contributed by atoms with E-state index in [1.54, 1.807) is 6.20 Å². The van der Waals surface area contributed by atoms with Crippen LogP contribution >= 0.6 is 0 Å². The number of piperidine rings is 1. The molecule has 1 aromatic heterocycles. The zero-order valence-electron chi connectivity index (χ0n) is 11.2. The molecular formula is C14H19N3O2. The Morgan fingerprint density at radius 1 is 1.47 bits per heavy atom. The van der Waals surface area contributed by atoms with Crippen LogP contribution in [0, 0.1) is 6.92 Å². The lowest BCUT2D eigenvalue weighted by Gasteiger charge is -2.31. The third-order valence-electron chi connectivity index (χ3n) is 4.05. The maximum absolute atomic E-state index is 12.0. The molecule has 0 aliphatic carbocycles. The van der Waals surface area contributed by atoms with Crippen LogP contribution in [0.4, 0.5) is 4.79 Å². The maximum atomic E-state index is 12.0. The molecule has 0 unspecified atom stereocenters. The number of ether oxygens (including phenoxy) is 1. The molecule has 2 saturated heterocycles. The lowest BCUT2D eigenvalue weighted by Crippen LogP contribution is -2.44. The van der Waals surface area contributed by atoms with Gasteiger partial charge in [0.05, 0.1) is 6.54 Å². The molecule has 19 heavy (non-hydrogen) atoms. The Bertz CT molecular complexity index is 483. The molecule has 0 radical (unpaired) electrons. The van der Waals surface area contributed by atoms with Crippen molar-refractivity contribution in [2.24, 2.45) is 0 Å². The number of amides is 1. The second kappa shape index (κ2) is 4.81. The van der Waals surface area contributed by atoms with Crippen LogP contribution in [0.2, 0.25) is 0 Å². The SMILES string of the molecule is Cc1cnccc1CN1CC2(CCNCC2)OC1=O. The number of hydrogen-bond donors (Lipinski definition) is 1. The summed E-state index contributed by atoms with van der Waals surface area (Å²) >= 11 is 0. The van der Waals surface area contributed by atoms with Crippen LogP contribution in [0.5, 0.6) is 0 Å². The molecular weight excluding hydrogens is 242 g/mol. The van der Waals surface area contributed by atoms with E-state index in [9.17, 15) is 4.79 Å². The van der Waals surface area contributed by atoms with Crippen molar-refractivity contribution in [1.82, 2.24) is 15.2 Å². The smallest absolute Gasteiger partial charge is 0.410 e. The molecule has 1 aromatic rings. The van der Waals surface area contributed by atoms with Crippen molar-refractivity contribution in [3.05, 3.63) is 29.6 Å². The molecule has 2 aliphatic rings. The number of aryl methyl sites for hydroxylation is 1. The largest absolute Gasteiger partial charge is 0.441 e. The maximum Gasteiger partial charge on any atom is 0.410 e. The van der Waals surface area contributed by atoms with Crippen LogP contribution in [0.25, 0.3) is 0 Å². The Balaban J connectivity index is 1.72. The highest BCUT2D eigenvalue weighted by Crippen LogP contribution is 2.32. The molecule has 102 valence electrons. The molecule has 2 aliphatic heterocycles. The average Bonchev–Trinajstić information content (AvgIpc) is 2.69. The zero-order valence-corrected chi connectivity index (χ0v) is 11.2. The number of nitrogens with one attached hydrogen (secondary N) is 1. The number of nitrogens with zero attached hydrogens (tertiary/aromatic N) is 2. The highest BCUT2D eigenvalue weighted by Gasteiger charge is 2.45. The zero-order chi connectivity index (χ0) is 13.3. The highest BCUT2D eigenvalue weighted by molar-refractivity contribution is 5.70. The molecule has 0 saturated carbocycles. The van der Waals surface area contributed by atoms with E-state index >= 15 is 0 Å². The fraction of sp³-hybridized carbons (Fsp3) is 0.571. The minimum absolute atomic E-state index is 0.182. The van der Waals surface area contributed by atoms with Crippen LogP contribution in [0.3, 0.4) is 0 Å². The predicted octanol–water partition coefficient (Wildman–Crippen LogP) is 1.46. The summed E-state index contributed by atoms with van der Waals surface area (Å²) in [7, 11) is 0. The minimum atomic E-state index is -0.261. The van der Waals surface area contributed by atoms with Crippen molar-refractivity contribution >= 4 is 6.09 Å². The van der Waals surface area contributed by atoms with Gasteiger partial charge in [-0.15, -0.1) is 0 Å². The Morgan fingerprint density at radius 2 is 2.26 bits per heavy atom. The summed E-state index contributed by atoms with van der Waals surface area (Å²) in [6, 6.07) is 1.97. The number of rotatable bonds is 2. The first kappa shape index (κ1) is 12.4. The van der Waals surface area contributed by atoms with Gasteiger partial charge in [-0.25, -0.2) is 4.79 Å². The van der Waals surface area contributed by atoms with E-state index in [-0.39, 0.29) is 11.7 Å².